The lowest BCUT2D eigenvalue weighted by molar-refractivity contribution is 0.330. The monoisotopic (exact) mass is 211 g/mol. The normalized spacial score (nSPS) is 13.4. The smallest absolute Gasteiger partial charge is 0.128 e. The number of aromatic nitrogens is 2. The second kappa shape index (κ2) is 5.85. The van der Waals surface area contributed by atoms with Crippen LogP contribution in [0.4, 0.5) is 0 Å². The maximum absolute atomic E-state index is 5.55. The van der Waals surface area contributed by atoms with Crippen LogP contribution in [0.1, 0.15) is 25.2 Å². The van der Waals surface area contributed by atoms with E-state index in [-0.39, 0.29) is 6.04 Å². The van der Waals surface area contributed by atoms with E-state index >= 15 is 0 Å². The lowest BCUT2D eigenvalue weighted by atomic mass is 10.2. The molecule has 3 N–H and O–H groups in total. The van der Waals surface area contributed by atoms with E-state index < -0.39 is 0 Å². The van der Waals surface area contributed by atoms with Crippen LogP contribution < -0.4 is 11.3 Å². The van der Waals surface area contributed by atoms with E-state index in [0.717, 1.165) is 25.3 Å². The number of likely N-dealkylation sites (N-methyl/N-ethyl adjacent to an activating group) is 1. The molecule has 0 saturated carbocycles. The van der Waals surface area contributed by atoms with Crippen LogP contribution >= 0.6 is 0 Å². The fraction of sp³-hybridized carbons (Fsp3) is 0.700. The highest BCUT2D eigenvalue weighted by Crippen LogP contribution is 2.11. The summed E-state index contributed by atoms with van der Waals surface area (Å²) in [4.78, 5) is 6.45. The van der Waals surface area contributed by atoms with Crippen molar-refractivity contribution in [3.05, 3.63) is 18.2 Å². The van der Waals surface area contributed by atoms with Crippen molar-refractivity contribution in [1.82, 2.24) is 19.9 Å². The molecule has 1 rings (SSSR count). The van der Waals surface area contributed by atoms with E-state index in [2.05, 4.69) is 26.8 Å². The predicted molar refractivity (Wildman–Crippen MR) is 61.1 cm³/mol. The first-order valence-corrected chi connectivity index (χ1v) is 5.31. The first kappa shape index (κ1) is 12.2. The molecule has 86 valence electrons. The molecule has 1 unspecified atom stereocenters. The van der Waals surface area contributed by atoms with Gasteiger partial charge in [0.1, 0.15) is 5.82 Å². The Bertz CT molecular complexity index is 281. The summed E-state index contributed by atoms with van der Waals surface area (Å²) in [5.74, 6) is 6.55. The van der Waals surface area contributed by atoms with E-state index in [0.29, 0.717) is 0 Å². The van der Waals surface area contributed by atoms with Crippen LogP contribution in [0.15, 0.2) is 12.4 Å². The molecule has 0 fully saturated rings. The summed E-state index contributed by atoms with van der Waals surface area (Å²) in [5, 5.41) is 0. The Kier molecular flexibility index (Phi) is 4.74. The van der Waals surface area contributed by atoms with Gasteiger partial charge in [0, 0.05) is 25.5 Å². The minimum Gasteiger partial charge on any atom is -0.334 e. The summed E-state index contributed by atoms with van der Waals surface area (Å²) in [5.41, 5.74) is 2.81. The minimum absolute atomic E-state index is 0.0848. The standard InChI is InChI=1S/C10H21N5/c1-4-6-15-7-5-12-10(15)9(13-11)8-14(2)3/h5,7,9,13H,4,6,8,11H2,1-3H3. The Balaban J connectivity index is 2.76. The lowest BCUT2D eigenvalue weighted by Gasteiger charge is -2.20. The van der Waals surface area contributed by atoms with Crippen molar-refractivity contribution in [2.45, 2.75) is 25.9 Å². The van der Waals surface area contributed by atoms with Crippen molar-refractivity contribution >= 4 is 0 Å². The van der Waals surface area contributed by atoms with Gasteiger partial charge in [0.15, 0.2) is 0 Å². The topological polar surface area (TPSA) is 59.1 Å². The van der Waals surface area contributed by atoms with Crippen molar-refractivity contribution in [2.75, 3.05) is 20.6 Å². The first-order chi connectivity index (χ1) is 7.19. The third kappa shape index (κ3) is 3.30. The molecule has 0 aliphatic rings. The highest BCUT2D eigenvalue weighted by molar-refractivity contribution is 4.99. The molecule has 1 heterocycles. The molecule has 15 heavy (non-hydrogen) atoms. The van der Waals surface area contributed by atoms with Crippen LogP contribution in [0, 0.1) is 0 Å². The largest absolute Gasteiger partial charge is 0.334 e. The molecule has 5 heteroatoms. The highest BCUT2D eigenvalue weighted by atomic mass is 15.3. The zero-order chi connectivity index (χ0) is 11.3. The second-order valence-corrected chi connectivity index (χ2v) is 3.96. The number of nitrogens with two attached hydrogens (primary N) is 1. The van der Waals surface area contributed by atoms with Gasteiger partial charge in [-0.3, -0.25) is 5.84 Å². The van der Waals surface area contributed by atoms with E-state index in [9.17, 15) is 0 Å². The summed E-state index contributed by atoms with van der Waals surface area (Å²) in [6, 6.07) is 0.0848. The molecule has 0 bridgehead atoms. The lowest BCUT2D eigenvalue weighted by Crippen LogP contribution is -2.37. The number of hydrogen-bond donors (Lipinski definition) is 2. The SMILES string of the molecule is CCCn1ccnc1C(CN(C)C)NN. The van der Waals surface area contributed by atoms with Crippen LogP contribution in [0.2, 0.25) is 0 Å². The quantitative estimate of drug-likeness (QED) is 0.527. The molecule has 0 aliphatic carbocycles. The zero-order valence-electron chi connectivity index (χ0n) is 9.77. The third-order valence-electron chi connectivity index (χ3n) is 2.27. The molecule has 1 atom stereocenters. The predicted octanol–water partition coefficient (Wildman–Crippen LogP) is 0.359. The summed E-state index contributed by atoms with van der Waals surface area (Å²) < 4.78 is 2.15. The summed E-state index contributed by atoms with van der Waals surface area (Å²) in [6.07, 6.45) is 4.92. The van der Waals surface area contributed by atoms with Crippen molar-refractivity contribution < 1.29 is 0 Å². The Morgan fingerprint density at radius 3 is 2.87 bits per heavy atom. The fourth-order valence-corrected chi connectivity index (χ4v) is 1.63. The number of nitrogens with zero attached hydrogens (tertiary/aromatic N) is 3. The molecule has 0 amide bonds. The Labute approximate surface area is 91.2 Å². The molecular formula is C10H21N5. The van der Waals surface area contributed by atoms with Crippen LogP contribution in [0.5, 0.6) is 0 Å². The number of imidazole rings is 1. The van der Waals surface area contributed by atoms with Gasteiger partial charge >= 0.3 is 0 Å². The van der Waals surface area contributed by atoms with Crippen molar-refractivity contribution in [1.29, 1.82) is 0 Å². The maximum atomic E-state index is 5.55. The van der Waals surface area contributed by atoms with Crippen LogP contribution in [0.3, 0.4) is 0 Å². The first-order valence-electron chi connectivity index (χ1n) is 5.31. The highest BCUT2D eigenvalue weighted by Gasteiger charge is 2.15. The van der Waals surface area contributed by atoms with Gasteiger partial charge in [-0.2, -0.15) is 0 Å². The number of nitrogens with one attached hydrogen (secondary N) is 1. The molecular weight excluding hydrogens is 190 g/mol. The molecule has 0 radical (unpaired) electrons. The van der Waals surface area contributed by atoms with Crippen molar-refractivity contribution in [2.24, 2.45) is 5.84 Å². The van der Waals surface area contributed by atoms with Gasteiger partial charge in [-0.1, -0.05) is 6.92 Å². The molecule has 0 saturated heterocycles. The number of rotatable bonds is 6. The van der Waals surface area contributed by atoms with E-state index in [4.69, 9.17) is 5.84 Å². The Morgan fingerprint density at radius 2 is 2.33 bits per heavy atom. The zero-order valence-corrected chi connectivity index (χ0v) is 9.77. The Morgan fingerprint density at radius 1 is 1.60 bits per heavy atom. The third-order valence-corrected chi connectivity index (χ3v) is 2.27. The molecule has 0 aliphatic heterocycles. The van der Waals surface area contributed by atoms with E-state index in [1.54, 1.807) is 0 Å². The summed E-state index contributed by atoms with van der Waals surface area (Å²) in [7, 11) is 4.05. The van der Waals surface area contributed by atoms with Gasteiger partial charge < -0.3 is 9.47 Å². The average molecular weight is 211 g/mol. The van der Waals surface area contributed by atoms with Crippen molar-refractivity contribution in [3.63, 3.8) is 0 Å². The van der Waals surface area contributed by atoms with E-state index in [1.165, 1.54) is 0 Å². The fourth-order valence-electron chi connectivity index (χ4n) is 1.63. The van der Waals surface area contributed by atoms with Gasteiger partial charge in [-0.15, -0.1) is 0 Å². The van der Waals surface area contributed by atoms with Gasteiger partial charge in [-0.25, -0.2) is 10.4 Å². The van der Waals surface area contributed by atoms with Crippen molar-refractivity contribution in [3.8, 4) is 0 Å². The van der Waals surface area contributed by atoms with Gasteiger partial charge in [0.2, 0.25) is 0 Å². The molecule has 1 aromatic rings. The van der Waals surface area contributed by atoms with Crippen LogP contribution in [0.25, 0.3) is 0 Å². The van der Waals surface area contributed by atoms with Crippen LogP contribution in [-0.2, 0) is 6.54 Å². The summed E-state index contributed by atoms with van der Waals surface area (Å²) >= 11 is 0. The number of hydrogen-bond acceptors (Lipinski definition) is 4. The maximum Gasteiger partial charge on any atom is 0.128 e. The molecule has 1 aromatic heterocycles. The van der Waals surface area contributed by atoms with Crippen LogP contribution in [-0.4, -0.2) is 35.1 Å². The number of aryl methyl sites for hydroxylation is 1. The number of hydrazine groups is 1. The minimum atomic E-state index is 0.0848. The molecule has 0 spiro atoms. The van der Waals surface area contributed by atoms with Gasteiger partial charge in [-0.05, 0) is 20.5 Å². The molecule has 0 aromatic carbocycles. The average Bonchev–Trinajstić information content (AvgIpc) is 2.63. The van der Waals surface area contributed by atoms with E-state index in [1.807, 2.05) is 26.5 Å². The van der Waals surface area contributed by atoms with Gasteiger partial charge in [0.05, 0.1) is 6.04 Å². The Hall–Kier alpha value is -0.910. The second-order valence-electron chi connectivity index (χ2n) is 3.96. The molecule has 5 nitrogen and oxygen atoms in total. The van der Waals surface area contributed by atoms with Gasteiger partial charge in [0.25, 0.3) is 0 Å². The summed E-state index contributed by atoms with van der Waals surface area (Å²) in [6.45, 7) is 3.98.